The van der Waals surface area contributed by atoms with Gasteiger partial charge in [0.15, 0.2) is 0 Å². The van der Waals surface area contributed by atoms with Crippen molar-refractivity contribution < 1.29 is 22.7 Å². The number of nitrogens with one attached hydrogen (secondary N) is 1. The van der Waals surface area contributed by atoms with Crippen LogP contribution >= 0.6 is 0 Å². The highest BCUT2D eigenvalue weighted by Gasteiger charge is 2.19. The molecule has 8 heteroatoms. The Balaban J connectivity index is 2.22. The van der Waals surface area contributed by atoms with Crippen molar-refractivity contribution in [3.63, 3.8) is 0 Å². The van der Waals surface area contributed by atoms with Crippen LogP contribution in [0, 0.1) is 0 Å². The first-order valence-corrected chi connectivity index (χ1v) is 8.96. The Kier molecular flexibility index (Phi) is 5.66. The third-order valence-corrected chi connectivity index (χ3v) is 4.63. The van der Waals surface area contributed by atoms with Crippen molar-refractivity contribution >= 4 is 15.9 Å². The highest BCUT2D eigenvalue weighted by atomic mass is 32.2. The van der Waals surface area contributed by atoms with Crippen LogP contribution in [0.2, 0.25) is 0 Å². The van der Waals surface area contributed by atoms with E-state index in [-0.39, 0.29) is 22.3 Å². The van der Waals surface area contributed by atoms with E-state index in [0.717, 1.165) is 11.3 Å². The second kappa shape index (κ2) is 7.54. The number of carbonyl (C=O) groups excluding carboxylic acids is 1. The van der Waals surface area contributed by atoms with Gasteiger partial charge in [0.05, 0.1) is 20.3 Å². The maximum atomic E-state index is 12.4. The first kappa shape index (κ1) is 18.8. The molecule has 0 aliphatic heterocycles. The molecule has 7 nitrogen and oxygen atoms in total. The molecule has 0 spiro atoms. The van der Waals surface area contributed by atoms with Crippen LogP contribution in [0.1, 0.15) is 28.9 Å². The van der Waals surface area contributed by atoms with Crippen molar-refractivity contribution in [3.05, 3.63) is 53.6 Å². The Morgan fingerprint density at radius 1 is 1.08 bits per heavy atom. The van der Waals surface area contributed by atoms with Crippen molar-refractivity contribution in [3.8, 4) is 11.5 Å². The van der Waals surface area contributed by atoms with Crippen molar-refractivity contribution in [2.75, 3.05) is 14.2 Å². The average Bonchev–Trinajstić information content (AvgIpc) is 2.60. The zero-order chi connectivity index (χ0) is 18.6. The van der Waals surface area contributed by atoms with Crippen LogP contribution in [0.3, 0.4) is 0 Å². The molecule has 2 aromatic carbocycles. The van der Waals surface area contributed by atoms with Gasteiger partial charge in [-0.25, -0.2) is 13.6 Å². The highest BCUT2D eigenvalue weighted by molar-refractivity contribution is 7.89. The van der Waals surface area contributed by atoms with Gasteiger partial charge >= 0.3 is 0 Å². The normalized spacial score (nSPS) is 12.3. The molecular weight excluding hydrogens is 344 g/mol. The summed E-state index contributed by atoms with van der Waals surface area (Å²) in [6.07, 6.45) is 0. The number of rotatable bonds is 6. The molecule has 1 unspecified atom stereocenters. The summed E-state index contributed by atoms with van der Waals surface area (Å²) in [6.45, 7) is 1.82. The van der Waals surface area contributed by atoms with Gasteiger partial charge in [-0.3, -0.25) is 4.79 Å². The van der Waals surface area contributed by atoms with Gasteiger partial charge in [-0.15, -0.1) is 0 Å². The van der Waals surface area contributed by atoms with E-state index in [1.165, 1.54) is 25.3 Å². The molecule has 2 aromatic rings. The molecule has 0 saturated carbocycles. The molecule has 0 aromatic heterocycles. The van der Waals surface area contributed by atoms with Gasteiger partial charge in [-0.1, -0.05) is 12.1 Å². The van der Waals surface area contributed by atoms with Gasteiger partial charge < -0.3 is 14.8 Å². The van der Waals surface area contributed by atoms with Gasteiger partial charge in [0.25, 0.3) is 5.91 Å². The SMILES string of the molecule is COc1ccc(C(C)NC(=O)c2ccc(OC)c(S(N)(=O)=O)c2)cc1. The number of hydrogen-bond acceptors (Lipinski definition) is 5. The monoisotopic (exact) mass is 364 g/mol. The van der Waals surface area contributed by atoms with Crippen molar-refractivity contribution in [1.29, 1.82) is 0 Å². The molecule has 0 fully saturated rings. The standard InChI is InChI=1S/C17H20N2O5S/c1-11(12-4-7-14(23-2)8-5-12)19-17(20)13-6-9-15(24-3)16(10-13)25(18,21)22/h4-11H,1-3H3,(H,19,20)(H2,18,21,22). The van der Waals surface area contributed by atoms with Gasteiger partial charge in [0.1, 0.15) is 16.4 Å². The predicted octanol–water partition coefficient (Wildman–Crippen LogP) is 1.84. The van der Waals surface area contributed by atoms with Gasteiger partial charge in [-0.05, 0) is 42.8 Å². The van der Waals surface area contributed by atoms with Crippen molar-refractivity contribution in [1.82, 2.24) is 5.32 Å². The number of benzene rings is 2. The fourth-order valence-electron chi connectivity index (χ4n) is 2.30. The van der Waals surface area contributed by atoms with Crippen molar-refractivity contribution in [2.24, 2.45) is 5.14 Å². The fraction of sp³-hybridized carbons (Fsp3) is 0.235. The smallest absolute Gasteiger partial charge is 0.251 e. The topological polar surface area (TPSA) is 108 Å². The Hall–Kier alpha value is -2.58. The van der Waals surface area contributed by atoms with E-state index in [0.29, 0.717) is 0 Å². The van der Waals surface area contributed by atoms with E-state index < -0.39 is 15.9 Å². The number of ether oxygens (including phenoxy) is 2. The van der Waals surface area contributed by atoms with Gasteiger partial charge in [0, 0.05) is 5.56 Å². The molecule has 0 aliphatic rings. The molecule has 0 aliphatic carbocycles. The van der Waals surface area contributed by atoms with Crippen LogP contribution in [0.5, 0.6) is 11.5 Å². The zero-order valence-corrected chi connectivity index (χ0v) is 15.0. The van der Waals surface area contributed by atoms with E-state index in [9.17, 15) is 13.2 Å². The van der Waals surface area contributed by atoms with E-state index >= 15 is 0 Å². The zero-order valence-electron chi connectivity index (χ0n) is 14.1. The summed E-state index contributed by atoms with van der Waals surface area (Å²) in [5.74, 6) is 0.383. The first-order chi connectivity index (χ1) is 11.8. The van der Waals surface area contributed by atoms with Crippen LogP contribution in [-0.4, -0.2) is 28.5 Å². The molecule has 0 bridgehead atoms. The summed E-state index contributed by atoms with van der Waals surface area (Å²) in [5.41, 5.74) is 1.06. The largest absolute Gasteiger partial charge is 0.497 e. The summed E-state index contributed by atoms with van der Waals surface area (Å²) in [4.78, 5) is 12.2. The number of sulfonamides is 1. The fourth-order valence-corrected chi connectivity index (χ4v) is 3.02. The van der Waals surface area contributed by atoms with E-state index in [4.69, 9.17) is 14.6 Å². The summed E-state index contributed by atoms with van der Waals surface area (Å²) in [6, 6.07) is 11.1. The number of amides is 1. The van der Waals surface area contributed by atoms with Gasteiger partial charge in [0.2, 0.25) is 10.0 Å². The first-order valence-electron chi connectivity index (χ1n) is 7.42. The lowest BCUT2D eigenvalue weighted by atomic mass is 10.1. The molecule has 3 N–H and O–H groups in total. The number of methoxy groups -OCH3 is 2. The Bertz CT molecular complexity index is 863. The Labute approximate surface area is 146 Å². The molecule has 25 heavy (non-hydrogen) atoms. The molecular formula is C17H20N2O5S. The molecule has 0 saturated heterocycles. The second-order valence-corrected chi connectivity index (χ2v) is 6.91. The number of primary sulfonamides is 1. The number of carbonyl (C=O) groups is 1. The predicted molar refractivity (Wildman–Crippen MR) is 93.2 cm³/mol. The lowest BCUT2D eigenvalue weighted by Crippen LogP contribution is -2.27. The van der Waals surface area contributed by atoms with Crippen LogP contribution < -0.4 is 19.9 Å². The second-order valence-electron chi connectivity index (χ2n) is 5.38. The maximum absolute atomic E-state index is 12.4. The van der Waals surface area contributed by atoms with Crippen LogP contribution in [0.15, 0.2) is 47.4 Å². The lowest BCUT2D eigenvalue weighted by Gasteiger charge is -2.15. The molecule has 134 valence electrons. The minimum Gasteiger partial charge on any atom is -0.497 e. The summed E-state index contributed by atoms with van der Waals surface area (Å²) in [5, 5.41) is 7.98. The number of nitrogens with two attached hydrogens (primary N) is 1. The van der Waals surface area contributed by atoms with E-state index in [2.05, 4.69) is 5.32 Å². The molecule has 1 atom stereocenters. The lowest BCUT2D eigenvalue weighted by molar-refractivity contribution is 0.0939. The van der Waals surface area contributed by atoms with Crippen LogP contribution in [0.4, 0.5) is 0 Å². The van der Waals surface area contributed by atoms with Crippen LogP contribution in [0.25, 0.3) is 0 Å². The average molecular weight is 364 g/mol. The molecule has 2 rings (SSSR count). The number of hydrogen-bond donors (Lipinski definition) is 2. The summed E-state index contributed by atoms with van der Waals surface area (Å²) < 4.78 is 33.4. The molecule has 0 radical (unpaired) electrons. The van der Waals surface area contributed by atoms with E-state index in [1.807, 2.05) is 19.1 Å². The third kappa shape index (κ3) is 4.49. The quantitative estimate of drug-likeness (QED) is 0.813. The van der Waals surface area contributed by atoms with Gasteiger partial charge in [-0.2, -0.15) is 0 Å². The molecule has 0 heterocycles. The van der Waals surface area contributed by atoms with E-state index in [1.54, 1.807) is 19.2 Å². The molecule has 1 amide bonds. The summed E-state index contributed by atoms with van der Waals surface area (Å²) >= 11 is 0. The maximum Gasteiger partial charge on any atom is 0.251 e. The summed E-state index contributed by atoms with van der Waals surface area (Å²) in [7, 11) is -1.10. The Morgan fingerprint density at radius 2 is 1.72 bits per heavy atom. The third-order valence-electron chi connectivity index (χ3n) is 3.70. The van der Waals surface area contributed by atoms with Crippen molar-refractivity contribution in [2.45, 2.75) is 17.9 Å². The highest BCUT2D eigenvalue weighted by Crippen LogP contribution is 2.24. The van der Waals surface area contributed by atoms with Crippen LogP contribution in [-0.2, 0) is 10.0 Å². The minimum atomic E-state index is -4.01. The minimum absolute atomic E-state index is 0.0854. The Morgan fingerprint density at radius 3 is 2.24 bits per heavy atom.